The van der Waals surface area contributed by atoms with Gasteiger partial charge in [0.15, 0.2) is 6.10 Å². The van der Waals surface area contributed by atoms with E-state index in [0.717, 1.165) is 24.6 Å². The molecule has 3 aliphatic rings. The number of anilines is 2. The first-order valence-corrected chi connectivity index (χ1v) is 9.60. The number of rotatable bonds is 4. The van der Waals surface area contributed by atoms with Crippen LogP contribution in [0.3, 0.4) is 0 Å². The number of benzene rings is 1. The fraction of sp³-hybridized carbons (Fsp3) is 0.529. The number of hydrogen-bond acceptors (Lipinski definition) is 6. The SMILES string of the molecule is CNC(=O)OCC1CN(c2ccc(N3CC4(CSC4)C3)c(F)c2)C(=O)O1. The first kappa shape index (κ1) is 17.3. The van der Waals surface area contributed by atoms with Crippen molar-refractivity contribution in [2.75, 3.05) is 54.6 Å². The second-order valence-electron chi connectivity index (χ2n) is 6.95. The third kappa shape index (κ3) is 3.04. The van der Waals surface area contributed by atoms with E-state index in [1.54, 1.807) is 12.1 Å². The van der Waals surface area contributed by atoms with Crippen LogP contribution in [0, 0.1) is 11.2 Å². The minimum Gasteiger partial charge on any atom is -0.446 e. The molecular formula is C17H20FN3O4S. The van der Waals surface area contributed by atoms with Crippen LogP contribution in [0.15, 0.2) is 18.2 Å². The monoisotopic (exact) mass is 381 g/mol. The first-order valence-electron chi connectivity index (χ1n) is 8.45. The Morgan fingerprint density at radius 2 is 2.23 bits per heavy atom. The molecule has 3 fully saturated rings. The zero-order chi connectivity index (χ0) is 18.3. The van der Waals surface area contributed by atoms with Gasteiger partial charge in [0.05, 0.1) is 17.9 Å². The van der Waals surface area contributed by atoms with Gasteiger partial charge in [0.2, 0.25) is 0 Å². The quantitative estimate of drug-likeness (QED) is 0.861. The number of nitrogens with zero attached hydrogens (tertiary/aromatic N) is 2. The zero-order valence-electron chi connectivity index (χ0n) is 14.4. The normalized spacial score (nSPS) is 23.3. The van der Waals surface area contributed by atoms with E-state index in [1.807, 2.05) is 16.7 Å². The van der Waals surface area contributed by atoms with E-state index in [2.05, 4.69) is 5.32 Å². The Morgan fingerprint density at radius 1 is 1.46 bits per heavy atom. The molecule has 7 nitrogen and oxygen atoms in total. The molecule has 140 valence electrons. The van der Waals surface area contributed by atoms with E-state index in [-0.39, 0.29) is 19.0 Å². The van der Waals surface area contributed by atoms with E-state index in [0.29, 0.717) is 16.8 Å². The summed E-state index contributed by atoms with van der Waals surface area (Å²) in [5.74, 6) is 1.96. The maximum Gasteiger partial charge on any atom is 0.414 e. The summed E-state index contributed by atoms with van der Waals surface area (Å²) in [5, 5.41) is 2.32. The van der Waals surface area contributed by atoms with Crippen LogP contribution in [0.1, 0.15) is 0 Å². The van der Waals surface area contributed by atoms with E-state index in [1.165, 1.54) is 18.0 Å². The highest BCUT2D eigenvalue weighted by atomic mass is 32.2. The molecule has 4 rings (SSSR count). The van der Waals surface area contributed by atoms with E-state index < -0.39 is 18.3 Å². The molecule has 1 aromatic carbocycles. The van der Waals surface area contributed by atoms with Gasteiger partial charge in [0.1, 0.15) is 12.4 Å². The number of carbonyl (C=O) groups excluding carboxylic acids is 2. The first-order chi connectivity index (χ1) is 12.5. The number of thioether (sulfide) groups is 1. The molecule has 26 heavy (non-hydrogen) atoms. The zero-order valence-corrected chi connectivity index (χ0v) is 15.2. The Morgan fingerprint density at radius 3 is 2.85 bits per heavy atom. The van der Waals surface area contributed by atoms with Crippen LogP contribution < -0.4 is 15.1 Å². The van der Waals surface area contributed by atoms with E-state index in [9.17, 15) is 14.0 Å². The maximum atomic E-state index is 14.6. The lowest BCUT2D eigenvalue weighted by Gasteiger charge is -2.56. The molecule has 9 heteroatoms. The van der Waals surface area contributed by atoms with Crippen LogP contribution in [-0.4, -0.2) is 63.1 Å². The fourth-order valence-corrected chi connectivity index (χ4v) is 4.63. The average molecular weight is 381 g/mol. The van der Waals surface area contributed by atoms with Crippen LogP contribution in [0.2, 0.25) is 0 Å². The van der Waals surface area contributed by atoms with Gasteiger partial charge in [-0.05, 0) is 18.2 Å². The number of nitrogens with one attached hydrogen (secondary N) is 1. The van der Waals surface area contributed by atoms with Crippen molar-refractivity contribution >= 4 is 35.3 Å². The van der Waals surface area contributed by atoms with Gasteiger partial charge >= 0.3 is 12.2 Å². The number of halogens is 1. The van der Waals surface area contributed by atoms with Gasteiger partial charge in [-0.2, -0.15) is 11.8 Å². The number of alkyl carbamates (subject to hydrolysis) is 1. The number of hydrogen-bond donors (Lipinski definition) is 1. The smallest absolute Gasteiger partial charge is 0.414 e. The summed E-state index contributed by atoms with van der Waals surface area (Å²) in [6.07, 6.45) is -1.74. The molecule has 1 unspecified atom stereocenters. The van der Waals surface area contributed by atoms with Crippen molar-refractivity contribution in [3.63, 3.8) is 0 Å². The Balaban J connectivity index is 1.39. The van der Waals surface area contributed by atoms with Crippen molar-refractivity contribution in [1.82, 2.24) is 5.32 Å². The molecule has 3 heterocycles. The minimum atomic E-state index is -0.591. The molecule has 0 aliphatic carbocycles. The molecule has 0 aromatic heterocycles. The van der Waals surface area contributed by atoms with Gasteiger partial charge in [-0.25, -0.2) is 14.0 Å². The van der Waals surface area contributed by atoms with E-state index in [4.69, 9.17) is 9.47 Å². The van der Waals surface area contributed by atoms with E-state index >= 15 is 0 Å². The molecule has 0 bridgehead atoms. The lowest BCUT2D eigenvalue weighted by Crippen LogP contribution is -2.63. The van der Waals surface area contributed by atoms with Crippen LogP contribution in [0.4, 0.5) is 25.4 Å². The Hall–Kier alpha value is -2.16. The predicted octanol–water partition coefficient (Wildman–Crippen LogP) is 2.06. The van der Waals surface area contributed by atoms with Gasteiger partial charge in [0.25, 0.3) is 0 Å². The summed E-state index contributed by atoms with van der Waals surface area (Å²) < 4.78 is 24.6. The number of ether oxygens (including phenoxy) is 2. The molecule has 0 radical (unpaired) electrons. The minimum absolute atomic E-state index is 0.0453. The summed E-state index contributed by atoms with van der Waals surface area (Å²) >= 11 is 1.93. The summed E-state index contributed by atoms with van der Waals surface area (Å²) in [4.78, 5) is 26.5. The average Bonchev–Trinajstić information content (AvgIpc) is 2.92. The fourth-order valence-electron chi connectivity index (χ4n) is 3.49. The summed E-state index contributed by atoms with van der Waals surface area (Å²) in [7, 11) is 1.45. The van der Waals surface area contributed by atoms with Crippen molar-refractivity contribution < 1.29 is 23.5 Å². The standard InChI is InChI=1S/C17H20FN3O4S/c1-19-15(22)24-6-12-5-21(16(23)25-12)11-2-3-14(13(18)4-11)20-7-17(8-20)9-26-10-17/h2-4,12H,5-10H2,1H3,(H,19,22). The Bertz CT molecular complexity index is 735. The van der Waals surface area contributed by atoms with Gasteiger partial charge in [-0.1, -0.05) is 0 Å². The second kappa shape index (κ2) is 6.53. The predicted molar refractivity (Wildman–Crippen MR) is 96.4 cm³/mol. The van der Waals surface area contributed by atoms with Crippen LogP contribution in [0.25, 0.3) is 0 Å². The van der Waals surface area contributed by atoms with Crippen LogP contribution in [0.5, 0.6) is 0 Å². The topological polar surface area (TPSA) is 71.1 Å². The Kier molecular flexibility index (Phi) is 4.34. The van der Waals surface area contributed by atoms with Crippen LogP contribution >= 0.6 is 11.8 Å². The van der Waals surface area contributed by atoms with Crippen molar-refractivity contribution in [3.05, 3.63) is 24.0 Å². The summed E-state index contributed by atoms with van der Waals surface area (Å²) in [5.41, 5.74) is 1.39. The third-order valence-electron chi connectivity index (χ3n) is 4.93. The van der Waals surface area contributed by atoms with Gasteiger partial charge in [-0.15, -0.1) is 0 Å². The maximum absolute atomic E-state index is 14.6. The highest BCUT2D eigenvalue weighted by Crippen LogP contribution is 2.47. The second-order valence-corrected chi connectivity index (χ2v) is 7.94. The summed E-state index contributed by atoms with van der Waals surface area (Å²) in [6.45, 7) is 1.94. The lowest BCUT2D eigenvalue weighted by molar-refractivity contribution is 0.0745. The van der Waals surface area contributed by atoms with Crippen molar-refractivity contribution in [3.8, 4) is 0 Å². The molecule has 0 saturated carbocycles. The molecule has 2 amide bonds. The number of cyclic esters (lactones) is 1. The van der Waals surface area contributed by atoms with Crippen molar-refractivity contribution in [2.45, 2.75) is 6.10 Å². The number of carbonyl (C=O) groups is 2. The molecule has 1 aromatic rings. The molecule has 1 spiro atoms. The third-order valence-corrected chi connectivity index (χ3v) is 6.56. The number of amides is 2. The van der Waals surface area contributed by atoms with Gasteiger partial charge in [0, 0.05) is 37.1 Å². The molecule has 3 saturated heterocycles. The molecule has 3 aliphatic heterocycles. The van der Waals surface area contributed by atoms with Gasteiger partial charge < -0.3 is 19.7 Å². The summed E-state index contributed by atoms with van der Waals surface area (Å²) in [6, 6.07) is 4.80. The van der Waals surface area contributed by atoms with Gasteiger partial charge in [-0.3, -0.25) is 4.90 Å². The largest absolute Gasteiger partial charge is 0.446 e. The highest BCUT2D eigenvalue weighted by Gasteiger charge is 2.48. The molecule has 1 N–H and O–H groups in total. The molecule has 1 atom stereocenters. The van der Waals surface area contributed by atoms with Crippen LogP contribution in [-0.2, 0) is 9.47 Å². The lowest BCUT2D eigenvalue weighted by atomic mass is 9.82. The highest BCUT2D eigenvalue weighted by molar-refractivity contribution is 8.00. The van der Waals surface area contributed by atoms with Crippen molar-refractivity contribution in [2.24, 2.45) is 5.41 Å². The van der Waals surface area contributed by atoms with Crippen molar-refractivity contribution in [1.29, 1.82) is 0 Å². The Labute approximate surface area is 154 Å². The molecular weight excluding hydrogens is 361 g/mol.